The van der Waals surface area contributed by atoms with Crippen molar-refractivity contribution in [3.63, 3.8) is 0 Å². The van der Waals surface area contributed by atoms with Gasteiger partial charge in [0.15, 0.2) is 12.4 Å². The molecule has 0 saturated heterocycles. The van der Waals surface area contributed by atoms with Gasteiger partial charge in [-0.3, -0.25) is 14.7 Å². The molecular formula is C34H26F3NO6. The summed E-state index contributed by atoms with van der Waals surface area (Å²) in [7, 11) is 0. The van der Waals surface area contributed by atoms with E-state index in [9.17, 15) is 22.8 Å². The summed E-state index contributed by atoms with van der Waals surface area (Å²) in [6, 6.07) is 27.5. The quantitative estimate of drug-likeness (QED) is 0.0932. The second-order valence-electron chi connectivity index (χ2n) is 9.80. The number of carbonyl (C=O) groups is 2. The first-order valence-corrected chi connectivity index (χ1v) is 13.5. The number of hydrogen-bond donors (Lipinski definition) is 0. The van der Waals surface area contributed by atoms with Gasteiger partial charge < -0.3 is 9.47 Å². The minimum atomic E-state index is -4.55. The molecule has 5 aromatic rings. The highest BCUT2D eigenvalue weighted by Gasteiger charge is 2.33. The lowest BCUT2D eigenvalue weighted by molar-refractivity contribution is -0.218. The van der Waals surface area contributed by atoms with E-state index in [2.05, 4.69) is 14.6 Å². The first-order chi connectivity index (χ1) is 21.2. The standard InChI is InChI=1S/C34H26F3NO6/c1-22(39)41-21-31(40)44-43-28-15-13-27(14-16-28)42-20-24-9-5-10-25(18-24)32-26(17-23-7-3-2-4-8-23)19-38-33-29(32)11-6-12-30(33)34(35,36)37/h2-16,18-19H,17,20-21H2,1H3. The number of ether oxygens (including phenoxy) is 2. The van der Waals surface area contributed by atoms with Crippen LogP contribution in [0.3, 0.4) is 0 Å². The van der Waals surface area contributed by atoms with Crippen LogP contribution in [0.4, 0.5) is 13.2 Å². The number of halogens is 3. The van der Waals surface area contributed by atoms with Crippen molar-refractivity contribution < 1.29 is 42.0 Å². The van der Waals surface area contributed by atoms with E-state index in [1.54, 1.807) is 18.2 Å². The number of pyridine rings is 1. The fourth-order valence-electron chi connectivity index (χ4n) is 4.64. The molecule has 0 spiro atoms. The summed E-state index contributed by atoms with van der Waals surface area (Å²) in [5.74, 6) is -0.762. The molecule has 0 saturated carbocycles. The van der Waals surface area contributed by atoms with Crippen molar-refractivity contribution in [3.05, 3.63) is 126 Å². The molecule has 224 valence electrons. The number of rotatable bonds is 10. The number of benzene rings is 4. The Morgan fingerprint density at radius 3 is 2.25 bits per heavy atom. The molecule has 10 heteroatoms. The van der Waals surface area contributed by atoms with Crippen LogP contribution in [0.25, 0.3) is 22.0 Å². The van der Waals surface area contributed by atoms with E-state index in [1.165, 1.54) is 31.3 Å². The number of hydrogen-bond acceptors (Lipinski definition) is 7. The lowest BCUT2D eigenvalue weighted by atomic mass is 9.91. The van der Waals surface area contributed by atoms with Gasteiger partial charge in [-0.2, -0.15) is 13.2 Å². The molecule has 0 fully saturated rings. The van der Waals surface area contributed by atoms with Crippen LogP contribution < -0.4 is 9.62 Å². The molecule has 44 heavy (non-hydrogen) atoms. The highest BCUT2D eigenvalue weighted by Crippen LogP contribution is 2.39. The SMILES string of the molecule is CC(=O)OCC(=O)OOc1ccc(OCc2cccc(-c3c(Cc4ccccc4)cnc4c(C(F)(F)F)cccc34)c2)cc1. The first-order valence-electron chi connectivity index (χ1n) is 13.5. The Morgan fingerprint density at radius 1 is 0.818 bits per heavy atom. The van der Waals surface area contributed by atoms with Gasteiger partial charge in [-0.25, -0.2) is 9.68 Å². The highest BCUT2D eigenvalue weighted by molar-refractivity contribution is 5.98. The summed E-state index contributed by atoms with van der Waals surface area (Å²) in [4.78, 5) is 36.1. The van der Waals surface area contributed by atoms with E-state index in [1.807, 2.05) is 54.6 Å². The fraction of sp³-hybridized carbons (Fsp3) is 0.147. The topological polar surface area (TPSA) is 84.0 Å². The maximum atomic E-state index is 13.9. The van der Waals surface area contributed by atoms with Crippen molar-refractivity contribution in [1.29, 1.82) is 0 Å². The maximum Gasteiger partial charge on any atom is 0.418 e. The minimum Gasteiger partial charge on any atom is -0.489 e. The van der Waals surface area contributed by atoms with Crippen molar-refractivity contribution in [2.45, 2.75) is 26.1 Å². The monoisotopic (exact) mass is 601 g/mol. The van der Waals surface area contributed by atoms with Crippen LogP contribution in [-0.4, -0.2) is 23.5 Å². The Bertz CT molecular complexity index is 1770. The van der Waals surface area contributed by atoms with Crippen LogP contribution in [0.2, 0.25) is 0 Å². The molecule has 0 aliphatic rings. The Morgan fingerprint density at radius 2 is 1.52 bits per heavy atom. The second-order valence-corrected chi connectivity index (χ2v) is 9.80. The van der Waals surface area contributed by atoms with Crippen molar-refractivity contribution in [2.24, 2.45) is 0 Å². The fourth-order valence-corrected chi connectivity index (χ4v) is 4.64. The molecule has 0 bridgehead atoms. The van der Waals surface area contributed by atoms with Crippen molar-refractivity contribution in [2.75, 3.05) is 6.61 Å². The third-order valence-corrected chi connectivity index (χ3v) is 6.59. The molecule has 0 aliphatic heterocycles. The van der Waals surface area contributed by atoms with Crippen molar-refractivity contribution in [3.8, 4) is 22.6 Å². The van der Waals surface area contributed by atoms with Gasteiger partial charge in [0.2, 0.25) is 0 Å². The van der Waals surface area contributed by atoms with E-state index in [-0.39, 0.29) is 17.9 Å². The molecule has 0 amide bonds. The second kappa shape index (κ2) is 13.3. The number of aromatic nitrogens is 1. The Labute approximate surface area is 250 Å². The number of para-hydroxylation sites is 1. The third-order valence-electron chi connectivity index (χ3n) is 6.59. The average molecular weight is 602 g/mol. The number of esters is 1. The van der Waals surface area contributed by atoms with E-state index in [0.29, 0.717) is 23.1 Å². The molecular weight excluding hydrogens is 575 g/mol. The van der Waals surface area contributed by atoms with E-state index in [4.69, 9.17) is 9.62 Å². The number of nitrogens with zero attached hydrogens (tertiary/aromatic N) is 1. The van der Waals surface area contributed by atoms with Crippen LogP contribution >= 0.6 is 0 Å². The van der Waals surface area contributed by atoms with Gasteiger partial charge >= 0.3 is 18.1 Å². The van der Waals surface area contributed by atoms with Crippen molar-refractivity contribution in [1.82, 2.24) is 4.98 Å². The zero-order valence-electron chi connectivity index (χ0n) is 23.5. The summed E-state index contributed by atoms with van der Waals surface area (Å²) < 4.78 is 52.1. The third kappa shape index (κ3) is 7.52. The van der Waals surface area contributed by atoms with Gasteiger partial charge in [0.25, 0.3) is 0 Å². The molecule has 0 N–H and O–H groups in total. The number of carbonyl (C=O) groups excluding carboxylic acids is 2. The predicted molar refractivity (Wildman–Crippen MR) is 156 cm³/mol. The smallest absolute Gasteiger partial charge is 0.418 e. The summed E-state index contributed by atoms with van der Waals surface area (Å²) >= 11 is 0. The Hall–Kier alpha value is -5.38. The van der Waals surface area contributed by atoms with Gasteiger partial charge in [-0.15, -0.1) is 0 Å². The van der Waals surface area contributed by atoms with Crippen LogP contribution in [0.15, 0.2) is 103 Å². The molecule has 1 heterocycles. The van der Waals surface area contributed by atoms with Gasteiger partial charge in [-0.1, -0.05) is 60.7 Å². The molecule has 0 aliphatic carbocycles. The zero-order valence-corrected chi connectivity index (χ0v) is 23.5. The van der Waals surface area contributed by atoms with E-state index in [0.717, 1.165) is 28.3 Å². The van der Waals surface area contributed by atoms with Crippen LogP contribution in [0.5, 0.6) is 11.5 Å². The number of fused-ring (bicyclic) bond motifs is 1. The maximum absolute atomic E-state index is 13.9. The predicted octanol–water partition coefficient (Wildman–Crippen LogP) is 7.49. The molecule has 0 unspecified atom stereocenters. The Kier molecular flexibility index (Phi) is 9.09. The summed E-state index contributed by atoms with van der Waals surface area (Å²) in [5.41, 5.74) is 3.13. The number of alkyl halides is 3. The van der Waals surface area contributed by atoms with E-state index < -0.39 is 30.3 Å². The molecule has 0 atom stereocenters. The highest BCUT2D eigenvalue weighted by atomic mass is 19.4. The van der Waals surface area contributed by atoms with Gasteiger partial charge in [0.05, 0.1) is 11.1 Å². The lowest BCUT2D eigenvalue weighted by Gasteiger charge is -2.17. The first kappa shape index (κ1) is 30.1. The van der Waals surface area contributed by atoms with Gasteiger partial charge in [0.1, 0.15) is 12.4 Å². The van der Waals surface area contributed by atoms with Crippen LogP contribution in [0, 0.1) is 0 Å². The van der Waals surface area contributed by atoms with Gasteiger partial charge in [-0.05, 0) is 70.6 Å². The van der Waals surface area contributed by atoms with Crippen LogP contribution in [0.1, 0.15) is 29.2 Å². The average Bonchev–Trinajstić information content (AvgIpc) is 3.02. The van der Waals surface area contributed by atoms with E-state index >= 15 is 0 Å². The molecule has 4 aromatic carbocycles. The molecule has 0 radical (unpaired) electrons. The summed E-state index contributed by atoms with van der Waals surface area (Å²) in [6.07, 6.45) is -2.53. The molecule has 7 nitrogen and oxygen atoms in total. The minimum absolute atomic E-state index is 0.104. The largest absolute Gasteiger partial charge is 0.489 e. The summed E-state index contributed by atoms with van der Waals surface area (Å²) in [6.45, 7) is 0.777. The normalized spacial score (nSPS) is 11.2. The Balaban J connectivity index is 1.37. The van der Waals surface area contributed by atoms with Crippen LogP contribution in [-0.2, 0) is 38.4 Å². The summed E-state index contributed by atoms with van der Waals surface area (Å²) in [5, 5.41) is 0.412. The van der Waals surface area contributed by atoms with Gasteiger partial charge in [0, 0.05) is 18.5 Å². The van der Waals surface area contributed by atoms with Crippen molar-refractivity contribution >= 4 is 22.8 Å². The zero-order chi connectivity index (χ0) is 31.1. The lowest BCUT2D eigenvalue weighted by Crippen LogP contribution is -2.16. The molecule has 5 rings (SSSR count). The molecule has 1 aromatic heterocycles.